The molecule has 6 nitrogen and oxygen atoms in total. The number of anilines is 1. The van der Waals surface area contributed by atoms with Crippen LogP contribution in [-0.2, 0) is 14.3 Å². The predicted molar refractivity (Wildman–Crippen MR) is 92.2 cm³/mol. The number of carbonyl (C=O) groups excluding carboxylic acids is 2. The third-order valence-corrected chi connectivity index (χ3v) is 3.66. The van der Waals surface area contributed by atoms with Gasteiger partial charge in [-0.05, 0) is 32.4 Å². The van der Waals surface area contributed by atoms with Gasteiger partial charge in [-0.15, -0.1) is 0 Å². The Morgan fingerprint density at radius 2 is 1.92 bits per heavy atom. The van der Waals surface area contributed by atoms with E-state index in [0.29, 0.717) is 17.8 Å². The van der Waals surface area contributed by atoms with Crippen molar-refractivity contribution >= 4 is 17.6 Å². The van der Waals surface area contributed by atoms with Gasteiger partial charge in [-0.1, -0.05) is 31.5 Å². The molecule has 0 fully saturated rings. The number of aryl methyl sites for hydroxylation is 1. The summed E-state index contributed by atoms with van der Waals surface area (Å²) in [7, 11) is 0. The summed E-state index contributed by atoms with van der Waals surface area (Å²) in [5.41, 5.74) is 3.10. The van der Waals surface area contributed by atoms with Gasteiger partial charge in [-0.2, -0.15) is 5.10 Å². The minimum atomic E-state index is -0.362. The van der Waals surface area contributed by atoms with Crippen molar-refractivity contribution in [3.8, 4) is 5.69 Å². The number of para-hydroxylation sites is 1. The number of rotatable bonds is 7. The summed E-state index contributed by atoms with van der Waals surface area (Å²) in [5, 5.41) is 7.24. The summed E-state index contributed by atoms with van der Waals surface area (Å²) < 4.78 is 6.75. The maximum atomic E-state index is 12.0. The first-order chi connectivity index (χ1) is 11.5. The molecule has 128 valence electrons. The third-order valence-electron chi connectivity index (χ3n) is 3.66. The summed E-state index contributed by atoms with van der Waals surface area (Å²) >= 11 is 0. The van der Waals surface area contributed by atoms with Crippen LogP contribution in [0.4, 0.5) is 5.69 Å². The van der Waals surface area contributed by atoms with E-state index in [9.17, 15) is 9.59 Å². The van der Waals surface area contributed by atoms with E-state index in [1.54, 1.807) is 4.68 Å². The molecule has 1 aromatic carbocycles. The average Bonchev–Trinajstić information content (AvgIpc) is 2.87. The first-order valence-electron chi connectivity index (χ1n) is 8.10. The highest BCUT2D eigenvalue weighted by atomic mass is 16.5. The zero-order valence-corrected chi connectivity index (χ0v) is 14.3. The second-order valence-corrected chi connectivity index (χ2v) is 5.61. The van der Waals surface area contributed by atoms with Gasteiger partial charge in [0.2, 0.25) is 0 Å². The molecule has 0 bridgehead atoms. The Bertz CT molecular complexity index is 708. The molecular weight excluding hydrogens is 306 g/mol. The fraction of sp³-hybridized carbons (Fsp3) is 0.389. The molecule has 1 amide bonds. The van der Waals surface area contributed by atoms with Crippen molar-refractivity contribution in [3.63, 3.8) is 0 Å². The van der Waals surface area contributed by atoms with Gasteiger partial charge in [0.15, 0.2) is 6.61 Å². The summed E-state index contributed by atoms with van der Waals surface area (Å²) in [4.78, 5) is 23.5. The molecular formula is C18H23N3O3. The Morgan fingerprint density at radius 3 is 2.58 bits per heavy atom. The lowest BCUT2D eigenvalue weighted by atomic mass is 10.2. The lowest BCUT2D eigenvalue weighted by Gasteiger charge is -2.08. The highest BCUT2D eigenvalue weighted by molar-refractivity contribution is 5.93. The minimum absolute atomic E-state index is 0.280. The van der Waals surface area contributed by atoms with Crippen LogP contribution in [0.3, 0.4) is 0 Å². The number of carbonyl (C=O) groups is 2. The van der Waals surface area contributed by atoms with E-state index < -0.39 is 0 Å². The van der Waals surface area contributed by atoms with Crippen LogP contribution in [0.25, 0.3) is 5.69 Å². The van der Waals surface area contributed by atoms with Crippen molar-refractivity contribution in [2.75, 3.05) is 11.9 Å². The summed E-state index contributed by atoms with van der Waals surface area (Å²) in [6.07, 6.45) is 2.02. The van der Waals surface area contributed by atoms with Gasteiger partial charge in [0, 0.05) is 6.42 Å². The number of unbranched alkanes of at least 4 members (excludes halogenated alkanes) is 1. The van der Waals surface area contributed by atoms with E-state index >= 15 is 0 Å². The molecule has 0 unspecified atom stereocenters. The second-order valence-electron chi connectivity index (χ2n) is 5.61. The molecule has 6 heteroatoms. The maximum absolute atomic E-state index is 12.0. The van der Waals surface area contributed by atoms with E-state index in [4.69, 9.17) is 4.74 Å². The Labute approximate surface area is 141 Å². The van der Waals surface area contributed by atoms with Crippen LogP contribution in [0.15, 0.2) is 30.3 Å². The number of nitrogens with zero attached hydrogens (tertiary/aromatic N) is 2. The molecule has 0 saturated heterocycles. The monoisotopic (exact) mass is 329 g/mol. The van der Waals surface area contributed by atoms with Gasteiger partial charge in [-0.3, -0.25) is 9.59 Å². The summed E-state index contributed by atoms with van der Waals surface area (Å²) in [6.45, 7) is 5.43. The molecule has 1 aromatic heterocycles. The van der Waals surface area contributed by atoms with Gasteiger partial charge in [0.05, 0.1) is 22.8 Å². The second kappa shape index (κ2) is 8.29. The number of esters is 1. The maximum Gasteiger partial charge on any atom is 0.306 e. The highest BCUT2D eigenvalue weighted by Gasteiger charge is 2.16. The average molecular weight is 329 g/mol. The van der Waals surface area contributed by atoms with Crippen molar-refractivity contribution < 1.29 is 14.3 Å². The van der Waals surface area contributed by atoms with Crippen LogP contribution in [0.2, 0.25) is 0 Å². The Hall–Kier alpha value is -2.63. The third kappa shape index (κ3) is 4.44. The van der Waals surface area contributed by atoms with Crippen LogP contribution in [0, 0.1) is 13.8 Å². The van der Waals surface area contributed by atoms with E-state index in [1.165, 1.54) is 0 Å². The Kier molecular flexibility index (Phi) is 6.12. The topological polar surface area (TPSA) is 73.2 Å². The molecule has 0 saturated carbocycles. The molecule has 1 heterocycles. The van der Waals surface area contributed by atoms with E-state index in [2.05, 4.69) is 10.4 Å². The SMILES string of the molecule is CCCCC(=O)OCC(=O)Nc1c(C)nn(-c2ccccc2)c1C. The quantitative estimate of drug-likeness (QED) is 0.792. The molecule has 24 heavy (non-hydrogen) atoms. The van der Waals surface area contributed by atoms with Crippen molar-refractivity contribution in [1.29, 1.82) is 0 Å². The van der Waals surface area contributed by atoms with Gasteiger partial charge in [-0.25, -0.2) is 4.68 Å². The van der Waals surface area contributed by atoms with Gasteiger partial charge >= 0.3 is 5.97 Å². The summed E-state index contributed by atoms with van der Waals surface area (Å²) in [6, 6.07) is 9.69. The minimum Gasteiger partial charge on any atom is -0.456 e. The molecule has 1 N–H and O–H groups in total. The van der Waals surface area contributed by atoms with Gasteiger partial charge in [0.1, 0.15) is 0 Å². The highest BCUT2D eigenvalue weighted by Crippen LogP contribution is 2.22. The predicted octanol–water partition coefficient (Wildman–Crippen LogP) is 3.16. The van der Waals surface area contributed by atoms with Crippen LogP contribution in [0.5, 0.6) is 0 Å². The van der Waals surface area contributed by atoms with Crippen molar-refractivity contribution in [2.45, 2.75) is 40.0 Å². The van der Waals surface area contributed by atoms with E-state index in [-0.39, 0.29) is 18.5 Å². The fourth-order valence-corrected chi connectivity index (χ4v) is 2.36. The van der Waals surface area contributed by atoms with Crippen LogP contribution < -0.4 is 5.32 Å². The molecule has 0 atom stereocenters. The zero-order valence-electron chi connectivity index (χ0n) is 14.3. The number of benzene rings is 1. The first kappa shape index (κ1) is 17.7. The van der Waals surface area contributed by atoms with Crippen LogP contribution >= 0.6 is 0 Å². The van der Waals surface area contributed by atoms with E-state index in [0.717, 1.165) is 24.2 Å². The fourth-order valence-electron chi connectivity index (χ4n) is 2.36. The lowest BCUT2D eigenvalue weighted by Crippen LogP contribution is -2.21. The normalized spacial score (nSPS) is 10.5. The first-order valence-corrected chi connectivity index (χ1v) is 8.10. The smallest absolute Gasteiger partial charge is 0.306 e. The largest absolute Gasteiger partial charge is 0.456 e. The molecule has 0 radical (unpaired) electrons. The molecule has 2 aromatic rings. The number of amides is 1. The Balaban J connectivity index is 2.01. The van der Waals surface area contributed by atoms with Crippen LogP contribution in [0.1, 0.15) is 37.6 Å². The number of aromatic nitrogens is 2. The molecule has 2 rings (SSSR count). The standard InChI is InChI=1S/C18H23N3O3/c1-4-5-11-17(23)24-12-16(22)19-18-13(2)20-21(14(18)3)15-9-7-6-8-10-15/h6-10H,4-5,11-12H2,1-3H3,(H,19,22). The van der Waals surface area contributed by atoms with Crippen molar-refractivity contribution in [2.24, 2.45) is 0 Å². The number of hydrogen-bond acceptors (Lipinski definition) is 4. The molecule has 0 aliphatic rings. The van der Waals surface area contributed by atoms with E-state index in [1.807, 2.05) is 51.1 Å². The van der Waals surface area contributed by atoms with Crippen molar-refractivity contribution in [3.05, 3.63) is 41.7 Å². The number of ether oxygens (including phenoxy) is 1. The lowest BCUT2D eigenvalue weighted by molar-refractivity contribution is -0.147. The molecule has 0 aliphatic heterocycles. The molecule has 0 aliphatic carbocycles. The number of hydrogen-bond donors (Lipinski definition) is 1. The Morgan fingerprint density at radius 1 is 1.21 bits per heavy atom. The molecule has 0 spiro atoms. The van der Waals surface area contributed by atoms with Gasteiger partial charge in [0.25, 0.3) is 5.91 Å². The zero-order chi connectivity index (χ0) is 17.5. The summed E-state index contributed by atoms with van der Waals surface area (Å²) in [5.74, 6) is -0.709. The number of nitrogens with one attached hydrogen (secondary N) is 1. The van der Waals surface area contributed by atoms with Crippen molar-refractivity contribution in [1.82, 2.24) is 9.78 Å². The van der Waals surface area contributed by atoms with Gasteiger partial charge < -0.3 is 10.1 Å². The van der Waals surface area contributed by atoms with Crippen LogP contribution in [-0.4, -0.2) is 28.3 Å².